The Labute approximate surface area is 154 Å². The van der Waals surface area contributed by atoms with Crippen LogP contribution in [0.2, 0.25) is 11.6 Å². The summed E-state index contributed by atoms with van der Waals surface area (Å²) in [5.74, 6) is 0.290. The highest BCUT2D eigenvalue weighted by Gasteiger charge is 2.24. The number of esters is 1. The first-order valence-electron chi connectivity index (χ1n) is 7.49. The van der Waals surface area contributed by atoms with Gasteiger partial charge in [0, 0.05) is 0 Å². The molecule has 1 aromatic rings. The van der Waals surface area contributed by atoms with Crippen LogP contribution in [0.3, 0.4) is 0 Å². The molecule has 0 unspecified atom stereocenters. The highest BCUT2D eigenvalue weighted by atomic mass is 127. The molecule has 0 N–H and O–H groups in total. The molecule has 1 radical (unpaired) electrons. The minimum atomic E-state index is -0.877. The van der Waals surface area contributed by atoms with Gasteiger partial charge in [-0.25, -0.2) is 4.79 Å². The van der Waals surface area contributed by atoms with E-state index in [0.29, 0.717) is 19.0 Å². The van der Waals surface area contributed by atoms with E-state index in [2.05, 4.69) is 49.9 Å². The van der Waals surface area contributed by atoms with Gasteiger partial charge in [-0.05, 0) is 58.8 Å². The summed E-state index contributed by atoms with van der Waals surface area (Å²) in [6.07, 6.45) is 2.62. The molecule has 0 fully saturated rings. The monoisotopic (exact) mass is 447 g/mol. The molecule has 0 atom stereocenters. The van der Waals surface area contributed by atoms with Crippen molar-refractivity contribution in [1.82, 2.24) is 0 Å². The maximum absolute atomic E-state index is 11.2. The average molecular weight is 447 g/mol. The Morgan fingerprint density at radius 2 is 2.04 bits per heavy atom. The molecule has 127 valence electrons. The van der Waals surface area contributed by atoms with Crippen LogP contribution in [0.25, 0.3) is 0 Å². The van der Waals surface area contributed by atoms with Crippen LogP contribution in [0.15, 0.2) is 30.5 Å². The third-order valence-corrected chi connectivity index (χ3v) is 6.77. The fourth-order valence-corrected chi connectivity index (χ4v) is 2.77. The van der Waals surface area contributed by atoms with Crippen molar-refractivity contribution in [1.29, 1.82) is 0 Å². The van der Waals surface area contributed by atoms with Crippen molar-refractivity contribution in [2.24, 2.45) is 0 Å². The molecule has 0 bridgehead atoms. The van der Waals surface area contributed by atoms with Gasteiger partial charge < -0.3 is 13.9 Å². The summed E-state index contributed by atoms with van der Waals surface area (Å²) >= 11 is 2.20. The van der Waals surface area contributed by atoms with Crippen molar-refractivity contribution in [2.75, 3.05) is 6.61 Å². The van der Waals surface area contributed by atoms with Gasteiger partial charge in [0.2, 0.25) is 9.04 Å². The molecule has 0 aromatic heterocycles. The van der Waals surface area contributed by atoms with E-state index in [-0.39, 0.29) is 5.04 Å². The van der Waals surface area contributed by atoms with Gasteiger partial charge >= 0.3 is 5.97 Å². The van der Waals surface area contributed by atoms with E-state index in [1.165, 1.54) is 12.3 Å². The zero-order valence-electron chi connectivity index (χ0n) is 14.3. The molecule has 23 heavy (non-hydrogen) atoms. The van der Waals surface area contributed by atoms with Crippen LogP contribution in [-0.4, -0.2) is 21.6 Å². The zero-order valence-corrected chi connectivity index (χ0v) is 17.5. The van der Waals surface area contributed by atoms with E-state index >= 15 is 0 Å². The Kier molecular flexibility index (Phi) is 8.28. The smallest absolute Gasteiger partial charge is 0.333 e. The lowest BCUT2D eigenvalue weighted by Crippen LogP contribution is -2.25. The van der Waals surface area contributed by atoms with Gasteiger partial charge in [0.1, 0.15) is 5.75 Å². The topological polar surface area (TPSA) is 44.8 Å². The van der Waals surface area contributed by atoms with Crippen molar-refractivity contribution in [3.63, 3.8) is 0 Å². The summed E-state index contributed by atoms with van der Waals surface area (Å²) in [4.78, 5) is 11.2. The standard InChI is InChI=1S/C17H24IO4Si/c1-6-20-16(19)9-10-21-15-11-13(7-8-14(15)18)12-22-23(5)17(2,3)4/h7-11H,6,12H2,1-5H3/b10-9+. The van der Waals surface area contributed by atoms with Crippen LogP contribution in [0.4, 0.5) is 0 Å². The number of hydrogen-bond donors (Lipinski definition) is 0. The van der Waals surface area contributed by atoms with Gasteiger partial charge in [-0.15, -0.1) is 0 Å². The number of ether oxygens (including phenoxy) is 2. The van der Waals surface area contributed by atoms with E-state index in [9.17, 15) is 4.79 Å². The molecule has 0 amide bonds. The number of hydrogen-bond acceptors (Lipinski definition) is 4. The molecule has 4 nitrogen and oxygen atoms in total. The second kappa shape index (κ2) is 9.44. The highest BCUT2D eigenvalue weighted by Crippen LogP contribution is 2.28. The zero-order chi connectivity index (χ0) is 17.5. The molecule has 0 saturated heterocycles. The molecule has 1 rings (SSSR count). The summed E-state index contributed by atoms with van der Waals surface area (Å²) in [6.45, 7) is 11.5. The van der Waals surface area contributed by atoms with Gasteiger partial charge in [0.15, 0.2) is 0 Å². The van der Waals surface area contributed by atoms with Crippen LogP contribution in [0, 0.1) is 3.57 Å². The summed E-state index contributed by atoms with van der Waals surface area (Å²) < 4.78 is 17.3. The summed E-state index contributed by atoms with van der Waals surface area (Å²) in [5.41, 5.74) is 1.05. The summed E-state index contributed by atoms with van der Waals surface area (Å²) in [5, 5.41) is 0.204. The quantitative estimate of drug-likeness (QED) is 0.200. The maximum atomic E-state index is 11.2. The van der Waals surface area contributed by atoms with E-state index in [0.717, 1.165) is 9.13 Å². The summed E-state index contributed by atoms with van der Waals surface area (Å²) in [7, 11) is -0.877. The molecular weight excluding hydrogens is 423 g/mol. The molecule has 0 aliphatic heterocycles. The Morgan fingerprint density at radius 3 is 2.65 bits per heavy atom. The van der Waals surface area contributed by atoms with Crippen LogP contribution >= 0.6 is 22.6 Å². The van der Waals surface area contributed by atoms with Crippen LogP contribution < -0.4 is 4.74 Å². The van der Waals surface area contributed by atoms with Crippen LogP contribution in [-0.2, 0) is 20.6 Å². The molecule has 6 heteroatoms. The average Bonchev–Trinajstić information content (AvgIpc) is 2.46. The minimum absolute atomic E-state index is 0.204. The Morgan fingerprint density at radius 1 is 1.35 bits per heavy atom. The Bertz CT molecular complexity index is 552. The molecule has 0 spiro atoms. The fraction of sp³-hybridized carbons (Fsp3) is 0.471. The van der Waals surface area contributed by atoms with Gasteiger partial charge in [0.25, 0.3) is 0 Å². The first-order valence-corrected chi connectivity index (χ1v) is 10.5. The van der Waals surface area contributed by atoms with E-state index in [1.54, 1.807) is 6.92 Å². The van der Waals surface area contributed by atoms with Gasteiger partial charge in [-0.1, -0.05) is 26.8 Å². The second-order valence-corrected chi connectivity index (χ2v) is 10.1. The largest absolute Gasteiger partial charge is 0.464 e. The van der Waals surface area contributed by atoms with Crippen LogP contribution in [0.5, 0.6) is 5.75 Å². The number of rotatable bonds is 7. The molecule has 0 heterocycles. The molecule has 0 aliphatic carbocycles. The normalized spacial score (nSPS) is 12.0. The molecule has 1 aromatic carbocycles. The predicted octanol–water partition coefficient (Wildman–Crippen LogP) is 4.68. The predicted molar refractivity (Wildman–Crippen MR) is 102 cm³/mol. The maximum Gasteiger partial charge on any atom is 0.333 e. The van der Waals surface area contributed by atoms with Crippen molar-refractivity contribution >= 4 is 37.6 Å². The Balaban J connectivity index is 2.67. The number of benzene rings is 1. The van der Waals surface area contributed by atoms with Crippen molar-refractivity contribution in [3.05, 3.63) is 39.7 Å². The van der Waals surface area contributed by atoms with Gasteiger partial charge in [-0.3, -0.25) is 0 Å². The number of halogens is 1. The lowest BCUT2D eigenvalue weighted by Gasteiger charge is -2.24. The van der Waals surface area contributed by atoms with Crippen LogP contribution in [0.1, 0.15) is 33.3 Å². The minimum Gasteiger partial charge on any atom is -0.464 e. The van der Waals surface area contributed by atoms with Crippen molar-refractivity contribution in [3.8, 4) is 5.75 Å². The van der Waals surface area contributed by atoms with Crippen molar-refractivity contribution in [2.45, 2.75) is 45.9 Å². The molecule has 0 saturated carbocycles. The first kappa shape index (κ1) is 20.2. The van der Waals surface area contributed by atoms with E-state index in [1.807, 2.05) is 18.2 Å². The van der Waals surface area contributed by atoms with Gasteiger partial charge in [-0.2, -0.15) is 0 Å². The van der Waals surface area contributed by atoms with Crippen molar-refractivity contribution < 1.29 is 18.7 Å². The highest BCUT2D eigenvalue weighted by molar-refractivity contribution is 14.1. The molecule has 0 aliphatic rings. The molecular formula is C17H24IO4Si. The summed E-state index contributed by atoms with van der Waals surface area (Å²) in [6, 6.07) is 5.95. The first-order chi connectivity index (χ1) is 10.7. The number of carbonyl (C=O) groups excluding carboxylic acids is 1. The third kappa shape index (κ3) is 7.50. The lowest BCUT2D eigenvalue weighted by atomic mass is 10.2. The van der Waals surface area contributed by atoms with Gasteiger partial charge in [0.05, 0.1) is 29.1 Å². The number of carbonyl (C=O) groups is 1. The lowest BCUT2D eigenvalue weighted by molar-refractivity contribution is -0.137. The fourth-order valence-electron chi connectivity index (χ4n) is 1.49. The van der Waals surface area contributed by atoms with E-state index < -0.39 is 15.0 Å². The Hall–Kier alpha value is -0.863. The second-order valence-electron chi connectivity index (χ2n) is 6.03. The SMILES string of the molecule is CCOC(=O)/C=C/Oc1cc(CO[Si](C)C(C)(C)C)ccc1I. The van der Waals surface area contributed by atoms with E-state index in [4.69, 9.17) is 13.9 Å². The third-order valence-electron chi connectivity index (χ3n) is 3.19.